The Balaban J connectivity index is 1.67. The van der Waals surface area contributed by atoms with E-state index < -0.39 is 0 Å². The summed E-state index contributed by atoms with van der Waals surface area (Å²) in [6.07, 6.45) is 3.46. The average Bonchev–Trinajstić information content (AvgIpc) is 2.72. The predicted octanol–water partition coefficient (Wildman–Crippen LogP) is 2.40. The molecule has 2 heterocycles. The molecule has 1 aliphatic heterocycles. The van der Waals surface area contributed by atoms with Gasteiger partial charge in [-0.2, -0.15) is 0 Å². The van der Waals surface area contributed by atoms with Crippen molar-refractivity contribution in [2.75, 3.05) is 26.3 Å². The number of ether oxygens (including phenoxy) is 1. The van der Waals surface area contributed by atoms with E-state index in [0.717, 1.165) is 32.7 Å². The molecule has 1 aromatic rings. The minimum Gasteiger partial charge on any atom is -0.381 e. The first-order chi connectivity index (χ1) is 8.20. The van der Waals surface area contributed by atoms with Crippen molar-refractivity contribution >= 4 is 11.3 Å². The van der Waals surface area contributed by atoms with Crippen molar-refractivity contribution in [3.05, 3.63) is 16.1 Å². The molecule has 0 unspecified atom stereocenters. The van der Waals surface area contributed by atoms with Gasteiger partial charge < -0.3 is 10.1 Å². The third kappa shape index (κ3) is 3.76. The molecule has 1 fully saturated rings. The van der Waals surface area contributed by atoms with Crippen LogP contribution in [0.1, 0.15) is 30.3 Å². The minimum absolute atomic E-state index is 0.432. The predicted molar refractivity (Wildman–Crippen MR) is 71.6 cm³/mol. The monoisotopic (exact) mass is 254 g/mol. The van der Waals surface area contributed by atoms with Crippen LogP contribution >= 0.6 is 11.3 Å². The Morgan fingerprint density at radius 1 is 1.47 bits per heavy atom. The molecule has 3 nitrogen and oxygen atoms in total. The van der Waals surface area contributed by atoms with E-state index >= 15 is 0 Å². The fraction of sp³-hybridized carbons (Fsp3) is 0.769. The third-order valence-corrected chi connectivity index (χ3v) is 4.62. The van der Waals surface area contributed by atoms with Gasteiger partial charge in [-0.05, 0) is 31.6 Å². The topological polar surface area (TPSA) is 34.2 Å². The molecule has 0 aromatic carbocycles. The number of nitrogens with one attached hydrogen (secondary N) is 1. The number of nitrogens with zero attached hydrogens (tertiary/aromatic N) is 1. The zero-order valence-corrected chi connectivity index (χ0v) is 11.6. The van der Waals surface area contributed by atoms with Crippen LogP contribution in [-0.2, 0) is 11.2 Å². The van der Waals surface area contributed by atoms with Gasteiger partial charge in [0, 0.05) is 31.2 Å². The molecule has 0 bridgehead atoms. The van der Waals surface area contributed by atoms with Crippen molar-refractivity contribution in [3.63, 3.8) is 0 Å². The first-order valence-corrected chi connectivity index (χ1v) is 7.25. The summed E-state index contributed by atoms with van der Waals surface area (Å²) in [5, 5.41) is 3.58. The number of rotatable bonds is 5. The van der Waals surface area contributed by atoms with Gasteiger partial charge in [-0.15, -0.1) is 11.3 Å². The molecule has 1 N–H and O–H groups in total. The Labute approximate surface area is 108 Å². The van der Waals surface area contributed by atoms with E-state index in [1.807, 2.05) is 5.51 Å². The summed E-state index contributed by atoms with van der Waals surface area (Å²) < 4.78 is 5.41. The van der Waals surface area contributed by atoms with Gasteiger partial charge >= 0.3 is 0 Å². The summed E-state index contributed by atoms with van der Waals surface area (Å²) in [7, 11) is 0. The zero-order valence-electron chi connectivity index (χ0n) is 10.8. The van der Waals surface area contributed by atoms with Crippen LogP contribution in [0.4, 0.5) is 0 Å². The normalized spacial score (nSPS) is 19.4. The molecular formula is C13H22N2OS. The second kappa shape index (κ2) is 5.94. The molecule has 0 amide bonds. The number of aromatic nitrogens is 1. The molecule has 96 valence electrons. The maximum absolute atomic E-state index is 5.41. The zero-order chi connectivity index (χ0) is 12.1. The highest BCUT2D eigenvalue weighted by molar-refractivity contribution is 7.09. The second-order valence-electron chi connectivity index (χ2n) is 5.21. The van der Waals surface area contributed by atoms with E-state index in [4.69, 9.17) is 4.74 Å². The average molecular weight is 254 g/mol. The van der Waals surface area contributed by atoms with Crippen molar-refractivity contribution in [2.45, 2.75) is 33.1 Å². The van der Waals surface area contributed by atoms with Gasteiger partial charge in [-0.25, -0.2) is 4.98 Å². The largest absolute Gasteiger partial charge is 0.381 e. The Kier molecular flexibility index (Phi) is 4.54. The molecule has 0 spiro atoms. The van der Waals surface area contributed by atoms with Crippen LogP contribution in [0.15, 0.2) is 5.51 Å². The van der Waals surface area contributed by atoms with Gasteiger partial charge in [0.25, 0.3) is 0 Å². The van der Waals surface area contributed by atoms with E-state index in [2.05, 4.69) is 24.1 Å². The molecule has 0 aliphatic carbocycles. The van der Waals surface area contributed by atoms with Crippen LogP contribution in [0.3, 0.4) is 0 Å². The number of aryl methyl sites for hydroxylation is 1. The molecule has 1 aromatic heterocycles. The Morgan fingerprint density at radius 3 is 2.88 bits per heavy atom. The standard InChI is InChI=1S/C13H22N2OS/c1-11-12(17-10-15-11)3-6-14-9-13(2)4-7-16-8-5-13/h10,14H,3-9H2,1-2H3. The summed E-state index contributed by atoms with van der Waals surface area (Å²) in [5.74, 6) is 0. The summed E-state index contributed by atoms with van der Waals surface area (Å²) in [5.41, 5.74) is 3.56. The molecule has 0 radical (unpaired) electrons. The van der Waals surface area contributed by atoms with Crippen molar-refractivity contribution < 1.29 is 4.74 Å². The number of thiazole rings is 1. The molecule has 4 heteroatoms. The summed E-state index contributed by atoms with van der Waals surface area (Å²) in [4.78, 5) is 5.68. The van der Waals surface area contributed by atoms with Crippen LogP contribution in [-0.4, -0.2) is 31.3 Å². The Morgan fingerprint density at radius 2 is 2.24 bits per heavy atom. The van der Waals surface area contributed by atoms with E-state index in [9.17, 15) is 0 Å². The highest BCUT2D eigenvalue weighted by Gasteiger charge is 2.26. The summed E-state index contributed by atoms with van der Waals surface area (Å²) in [6, 6.07) is 0. The minimum atomic E-state index is 0.432. The van der Waals surface area contributed by atoms with Crippen LogP contribution in [0.2, 0.25) is 0 Å². The van der Waals surface area contributed by atoms with Crippen LogP contribution < -0.4 is 5.32 Å². The molecule has 0 saturated carbocycles. The fourth-order valence-corrected chi connectivity index (χ4v) is 2.98. The molecule has 0 atom stereocenters. The SMILES string of the molecule is Cc1ncsc1CCNCC1(C)CCOCC1. The smallest absolute Gasteiger partial charge is 0.0797 e. The van der Waals surface area contributed by atoms with E-state index in [-0.39, 0.29) is 0 Å². The van der Waals surface area contributed by atoms with Crippen molar-refractivity contribution in [2.24, 2.45) is 5.41 Å². The second-order valence-corrected chi connectivity index (χ2v) is 6.15. The lowest BCUT2D eigenvalue weighted by atomic mass is 9.82. The highest BCUT2D eigenvalue weighted by atomic mass is 32.1. The van der Waals surface area contributed by atoms with Gasteiger partial charge in [0.15, 0.2) is 0 Å². The lowest BCUT2D eigenvalue weighted by Gasteiger charge is -2.33. The first kappa shape index (κ1) is 13.0. The summed E-state index contributed by atoms with van der Waals surface area (Å²) in [6.45, 7) is 8.46. The van der Waals surface area contributed by atoms with Crippen LogP contribution in [0, 0.1) is 12.3 Å². The maximum Gasteiger partial charge on any atom is 0.0797 e. The van der Waals surface area contributed by atoms with Gasteiger partial charge in [0.1, 0.15) is 0 Å². The molecule has 1 aliphatic rings. The Bertz CT molecular complexity index is 345. The number of hydrogen-bond donors (Lipinski definition) is 1. The van der Waals surface area contributed by atoms with Gasteiger partial charge in [-0.3, -0.25) is 0 Å². The van der Waals surface area contributed by atoms with Crippen molar-refractivity contribution in [1.82, 2.24) is 10.3 Å². The van der Waals surface area contributed by atoms with Gasteiger partial charge in [-0.1, -0.05) is 6.92 Å². The molecule has 17 heavy (non-hydrogen) atoms. The van der Waals surface area contributed by atoms with E-state index in [1.54, 1.807) is 11.3 Å². The van der Waals surface area contributed by atoms with Gasteiger partial charge in [0.2, 0.25) is 0 Å². The quantitative estimate of drug-likeness (QED) is 0.819. The van der Waals surface area contributed by atoms with Crippen molar-refractivity contribution in [3.8, 4) is 0 Å². The highest BCUT2D eigenvalue weighted by Crippen LogP contribution is 2.28. The molecular weight excluding hydrogens is 232 g/mol. The number of hydrogen-bond acceptors (Lipinski definition) is 4. The molecule has 1 saturated heterocycles. The molecule has 2 rings (SSSR count). The van der Waals surface area contributed by atoms with E-state index in [1.165, 1.54) is 23.4 Å². The van der Waals surface area contributed by atoms with Gasteiger partial charge in [0.05, 0.1) is 11.2 Å². The lowest BCUT2D eigenvalue weighted by molar-refractivity contribution is 0.0242. The lowest BCUT2D eigenvalue weighted by Crippen LogP contribution is -2.37. The fourth-order valence-electron chi connectivity index (χ4n) is 2.20. The Hall–Kier alpha value is -0.450. The van der Waals surface area contributed by atoms with Crippen molar-refractivity contribution in [1.29, 1.82) is 0 Å². The van der Waals surface area contributed by atoms with E-state index in [0.29, 0.717) is 5.41 Å². The third-order valence-electron chi connectivity index (χ3n) is 3.63. The van der Waals surface area contributed by atoms with Crippen LogP contribution in [0.25, 0.3) is 0 Å². The maximum atomic E-state index is 5.41. The summed E-state index contributed by atoms with van der Waals surface area (Å²) >= 11 is 1.76. The van der Waals surface area contributed by atoms with Crippen LogP contribution in [0.5, 0.6) is 0 Å². The first-order valence-electron chi connectivity index (χ1n) is 6.37.